The summed E-state index contributed by atoms with van der Waals surface area (Å²) in [6.45, 7) is 10.5. The maximum absolute atomic E-state index is 11.9. The van der Waals surface area contributed by atoms with Crippen molar-refractivity contribution in [1.82, 2.24) is 5.43 Å². The maximum atomic E-state index is 11.9. The van der Waals surface area contributed by atoms with Gasteiger partial charge in [0.25, 0.3) is 5.91 Å². The average molecular weight is 367 g/mol. The van der Waals surface area contributed by atoms with Crippen molar-refractivity contribution in [2.24, 2.45) is 5.10 Å². The van der Waals surface area contributed by atoms with E-state index in [9.17, 15) is 4.79 Å². The molecule has 0 saturated heterocycles. The van der Waals surface area contributed by atoms with Crippen molar-refractivity contribution < 1.29 is 9.53 Å². The van der Waals surface area contributed by atoms with Crippen LogP contribution in [0.5, 0.6) is 5.75 Å². The molecule has 2 rings (SSSR count). The van der Waals surface area contributed by atoms with Crippen LogP contribution in [0.15, 0.2) is 41.5 Å². The molecule has 4 heteroatoms. The summed E-state index contributed by atoms with van der Waals surface area (Å²) in [5.41, 5.74) is 8.34. The average Bonchev–Trinajstić information content (AvgIpc) is 2.62. The highest BCUT2D eigenvalue weighted by atomic mass is 16.5. The summed E-state index contributed by atoms with van der Waals surface area (Å²) in [5.74, 6) is 0.944. The van der Waals surface area contributed by atoms with Crippen molar-refractivity contribution in [2.75, 3.05) is 6.61 Å². The first-order valence-corrected chi connectivity index (χ1v) is 9.53. The van der Waals surface area contributed by atoms with E-state index in [2.05, 4.69) is 55.6 Å². The van der Waals surface area contributed by atoms with E-state index in [1.807, 2.05) is 26.0 Å². The number of carbonyl (C=O) groups excluding carboxylic acids is 1. The Bertz CT molecular complexity index is 772. The van der Waals surface area contributed by atoms with Gasteiger partial charge in [0.15, 0.2) is 6.61 Å². The van der Waals surface area contributed by atoms with Crippen molar-refractivity contribution in [3.8, 4) is 5.75 Å². The van der Waals surface area contributed by atoms with E-state index in [1.54, 1.807) is 6.21 Å². The maximum Gasteiger partial charge on any atom is 0.277 e. The predicted octanol–water partition coefficient (Wildman–Crippen LogP) is 5.04. The predicted molar refractivity (Wildman–Crippen MR) is 112 cm³/mol. The fourth-order valence-corrected chi connectivity index (χ4v) is 3.24. The van der Waals surface area contributed by atoms with E-state index in [4.69, 9.17) is 4.74 Å². The van der Waals surface area contributed by atoms with Crippen LogP contribution in [0.25, 0.3) is 0 Å². The van der Waals surface area contributed by atoms with Crippen LogP contribution in [0.2, 0.25) is 0 Å². The first-order chi connectivity index (χ1) is 12.9. The lowest BCUT2D eigenvalue weighted by Crippen LogP contribution is -2.24. The summed E-state index contributed by atoms with van der Waals surface area (Å²) in [6, 6.07) is 12.2. The molecule has 0 aliphatic rings. The van der Waals surface area contributed by atoms with Crippen LogP contribution in [0.1, 0.15) is 60.4 Å². The number of nitrogens with one attached hydrogen (secondary N) is 1. The summed E-state index contributed by atoms with van der Waals surface area (Å²) in [7, 11) is 0. The van der Waals surface area contributed by atoms with Crippen molar-refractivity contribution in [1.29, 1.82) is 0 Å². The van der Waals surface area contributed by atoms with Crippen LogP contribution >= 0.6 is 0 Å². The zero-order valence-electron chi connectivity index (χ0n) is 17.0. The Morgan fingerprint density at radius 1 is 1.15 bits per heavy atom. The van der Waals surface area contributed by atoms with E-state index >= 15 is 0 Å². The smallest absolute Gasteiger partial charge is 0.277 e. The van der Waals surface area contributed by atoms with E-state index in [0.717, 1.165) is 16.7 Å². The SMILES string of the molecule is CCCC(C)c1ccc(OCC(=O)NN=Cc2c(C)cc(C)cc2C)cc1. The summed E-state index contributed by atoms with van der Waals surface area (Å²) < 4.78 is 5.54. The van der Waals surface area contributed by atoms with Crippen LogP contribution < -0.4 is 10.2 Å². The second-order valence-electron chi connectivity index (χ2n) is 7.15. The molecule has 144 valence electrons. The number of rotatable bonds is 8. The Balaban J connectivity index is 1.84. The second kappa shape index (κ2) is 9.91. The number of nitrogens with zero attached hydrogens (tertiary/aromatic N) is 1. The number of benzene rings is 2. The highest BCUT2D eigenvalue weighted by Crippen LogP contribution is 2.22. The van der Waals surface area contributed by atoms with Gasteiger partial charge in [-0.25, -0.2) is 5.43 Å². The first-order valence-electron chi connectivity index (χ1n) is 9.53. The Kier molecular flexibility index (Phi) is 7.59. The molecule has 4 nitrogen and oxygen atoms in total. The fraction of sp³-hybridized carbons (Fsp3) is 0.391. The van der Waals surface area contributed by atoms with Gasteiger partial charge >= 0.3 is 0 Å². The molecule has 0 aromatic heterocycles. The minimum absolute atomic E-state index is 0.0624. The molecule has 0 aliphatic carbocycles. The molecule has 0 fully saturated rings. The van der Waals surface area contributed by atoms with Crippen molar-refractivity contribution >= 4 is 12.1 Å². The Morgan fingerprint density at radius 2 is 1.78 bits per heavy atom. The van der Waals surface area contributed by atoms with Gasteiger partial charge in [-0.3, -0.25) is 4.79 Å². The lowest BCUT2D eigenvalue weighted by Gasteiger charge is -2.11. The largest absolute Gasteiger partial charge is 0.484 e. The Labute approximate surface area is 162 Å². The number of hydrogen-bond acceptors (Lipinski definition) is 3. The third-order valence-corrected chi connectivity index (χ3v) is 4.66. The highest BCUT2D eigenvalue weighted by molar-refractivity contribution is 5.85. The van der Waals surface area contributed by atoms with Crippen LogP contribution in [0, 0.1) is 20.8 Å². The van der Waals surface area contributed by atoms with E-state index in [1.165, 1.54) is 24.0 Å². The number of carbonyl (C=O) groups is 1. The molecule has 27 heavy (non-hydrogen) atoms. The number of aryl methyl sites for hydroxylation is 3. The standard InChI is InChI=1S/C23H30N2O2/c1-6-7-17(3)20-8-10-21(11-9-20)27-15-23(26)25-24-14-22-18(4)12-16(2)13-19(22)5/h8-14,17H,6-7,15H2,1-5H3,(H,25,26). The van der Waals surface area contributed by atoms with Crippen LogP contribution in [0.4, 0.5) is 0 Å². The number of amides is 1. The van der Waals surface area contributed by atoms with Gasteiger partial charge in [0.2, 0.25) is 0 Å². The van der Waals surface area contributed by atoms with Crippen molar-refractivity contribution in [3.63, 3.8) is 0 Å². The third-order valence-electron chi connectivity index (χ3n) is 4.66. The fourth-order valence-electron chi connectivity index (χ4n) is 3.24. The van der Waals surface area contributed by atoms with Gasteiger partial charge in [0, 0.05) is 5.56 Å². The van der Waals surface area contributed by atoms with Gasteiger partial charge in [0.05, 0.1) is 6.21 Å². The van der Waals surface area contributed by atoms with Crippen LogP contribution in [0.3, 0.4) is 0 Å². The second-order valence-corrected chi connectivity index (χ2v) is 7.15. The number of hydrazone groups is 1. The van der Waals surface area contributed by atoms with Gasteiger partial charge in [-0.1, -0.05) is 50.1 Å². The van der Waals surface area contributed by atoms with Crippen LogP contribution in [-0.2, 0) is 4.79 Å². The van der Waals surface area contributed by atoms with Crippen molar-refractivity contribution in [2.45, 2.75) is 53.4 Å². The van der Waals surface area contributed by atoms with E-state index < -0.39 is 0 Å². The Hall–Kier alpha value is -2.62. The lowest BCUT2D eigenvalue weighted by atomic mass is 9.97. The minimum Gasteiger partial charge on any atom is -0.484 e. The summed E-state index contributed by atoms with van der Waals surface area (Å²) in [5, 5.41) is 4.06. The molecule has 0 aliphatic heterocycles. The molecule has 1 unspecified atom stereocenters. The third kappa shape index (κ3) is 6.24. The zero-order chi connectivity index (χ0) is 19.8. The number of ether oxygens (including phenoxy) is 1. The highest BCUT2D eigenvalue weighted by Gasteiger charge is 2.06. The van der Waals surface area contributed by atoms with Gasteiger partial charge in [-0.2, -0.15) is 5.10 Å². The van der Waals surface area contributed by atoms with Crippen molar-refractivity contribution in [3.05, 3.63) is 64.2 Å². The van der Waals surface area contributed by atoms with Gasteiger partial charge < -0.3 is 4.74 Å². The molecule has 1 N–H and O–H groups in total. The quantitative estimate of drug-likeness (QED) is 0.525. The topological polar surface area (TPSA) is 50.7 Å². The summed E-state index contributed by atoms with van der Waals surface area (Å²) in [4.78, 5) is 11.9. The van der Waals surface area contributed by atoms with E-state index in [-0.39, 0.29) is 12.5 Å². The number of hydrogen-bond donors (Lipinski definition) is 1. The molecule has 0 saturated carbocycles. The minimum atomic E-state index is -0.280. The lowest BCUT2D eigenvalue weighted by molar-refractivity contribution is -0.123. The van der Waals surface area contributed by atoms with Gasteiger partial charge in [-0.05, 0) is 61.9 Å². The van der Waals surface area contributed by atoms with Gasteiger partial charge in [-0.15, -0.1) is 0 Å². The van der Waals surface area contributed by atoms with E-state index in [0.29, 0.717) is 11.7 Å². The molecular formula is C23H30N2O2. The molecule has 0 spiro atoms. The molecule has 0 bridgehead atoms. The zero-order valence-corrected chi connectivity index (χ0v) is 17.0. The molecule has 1 atom stereocenters. The monoisotopic (exact) mass is 366 g/mol. The molecular weight excluding hydrogens is 336 g/mol. The molecule has 1 amide bonds. The van der Waals surface area contributed by atoms with Crippen LogP contribution in [-0.4, -0.2) is 18.7 Å². The summed E-state index contributed by atoms with van der Waals surface area (Å²) >= 11 is 0. The molecule has 0 radical (unpaired) electrons. The molecule has 2 aromatic rings. The first kappa shape index (κ1) is 20.7. The Morgan fingerprint density at radius 3 is 2.37 bits per heavy atom. The van der Waals surface area contributed by atoms with Gasteiger partial charge in [0.1, 0.15) is 5.75 Å². The molecule has 2 aromatic carbocycles. The summed E-state index contributed by atoms with van der Waals surface area (Å²) in [6.07, 6.45) is 4.02. The molecule has 0 heterocycles. The normalized spacial score (nSPS) is 12.2.